The minimum atomic E-state index is 0.311. The normalized spacial score (nSPS) is 11.6. The lowest BCUT2D eigenvalue weighted by Gasteiger charge is -2.10. The second-order valence-electron chi connectivity index (χ2n) is 4.95. The van der Waals surface area contributed by atoms with E-state index in [1.807, 2.05) is 49.4 Å². The van der Waals surface area contributed by atoms with E-state index >= 15 is 0 Å². The average molecular weight is 355 g/mol. The number of nitrogens with zero attached hydrogens (tertiary/aromatic N) is 2. The number of anilines is 1. The molecular formula is C17H15BrN4. The van der Waals surface area contributed by atoms with Crippen molar-refractivity contribution in [3.8, 4) is 0 Å². The summed E-state index contributed by atoms with van der Waals surface area (Å²) in [5.74, 6) is 0.900. The number of aromatic nitrogens is 1. The Labute approximate surface area is 137 Å². The van der Waals surface area contributed by atoms with Crippen molar-refractivity contribution in [3.05, 3.63) is 64.8 Å². The highest BCUT2D eigenvalue weighted by Crippen LogP contribution is 2.29. The highest BCUT2D eigenvalue weighted by Gasteiger charge is 2.05. The monoisotopic (exact) mass is 354 g/mol. The number of nitrogens with one attached hydrogen (secondary N) is 1. The van der Waals surface area contributed by atoms with Gasteiger partial charge in [-0.05, 0) is 42.1 Å². The molecule has 0 fully saturated rings. The Morgan fingerprint density at radius 2 is 1.91 bits per heavy atom. The minimum absolute atomic E-state index is 0.311. The summed E-state index contributed by atoms with van der Waals surface area (Å²) >= 11 is 3.56. The van der Waals surface area contributed by atoms with Crippen molar-refractivity contribution in [2.24, 2.45) is 10.7 Å². The van der Waals surface area contributed by atoms with Crippen LogP contribution in [0.3, 0.4) is 0 Å². The van der Waals surface area contributed by atoms with Crippen LogP contribution in [0.4, 0.5) is 11.5 Å². The molecule has 0 bridgehead atoms. The van der Waals surface area contributed by atoms with Gasteiger partial charge in [-0.15, -0.1) is 0 Å². The second kappa shape index (κ2) is 6.15. The number of guanidine groups is 1. The van der Waals surface area contributed by atoms with E-state index in [1.165, 1.54) is 0 Å². The van der Waals surface area contributed by atoms with Crippen LogP contribution in [0.5, 0.6) is 0 Å². The molecule has 0 spiro atoms. The van der Waals surface area contributed by atoms with E-state index in [0.29, 0.717) is 11.8 Å². The molecule has 1 aromatic heterocycles. The molecule has 0 aliphatic heterocycles. The zero-order valence-electron chi connectivity index (χ0n) is 12.0. The molecule has 0 atom stereocenters. The number of fused-ring (bicyclic) bond motifs is 1. The molecule has 0 aliphatic rings. The number of nitrogens with two attached hydrogens (primary N) is 1. The van der Waals surface area contributed by atoms with E-state index in [-0.39, 0.29) is 0 Å². The van der Waals surface area contributed by atoms with Crippen LogP contribution < -0.4 is 11.1 Å². The Morgan fingerprint density at radius 1 is 1.14 bits per heavy atom. The van der Waals surface area contributed by atoms with Crippen LogP contribution in [-0.4, -0.2) is 10.9 Å². The third-order valence-corrected chi connectivity index (χ3v) is 3.96. The Bertz CT molecular complexity index is 858. The van der Waals surface area contributed by atoms with Gasteiger partial charge in [0.1, 0.15) is 0 Å². The predicted octanol–water partition coefficient (Wildman–Crippen LogP) is 4.36. The van der Waals surface area contributed by atoms with Crippen LogP contribution in [-0.2, 0) is 0 Å². The number of aryl methyl sites for hydroxylation is 1. The van der Waals surface area contributed by atoms with Crippen LogP contribution in [0, 0.1) is 6.92 Å². The fourth-order valence-corrected chi connectivity index (χ4v) is 2.72. The van der Waals surface area contributed by atoms with Gasteiger partial charge < -0.3 is 11.1 Å². The fourth-order valence-electron chi connectivity index (χ4n) is 2.24. The molecule has 2 aromatic carbocycles. The van der Waals surface area contributed by atoms with Crippen molar-refractivity contribution in [2.45, 2.75) is 6.92 Å². The molecular weight excluding hydrogens is 340 g/mol. The van der Waals surface area contributed by atoms with Gasteiger partial charge in [0.25, 0.3) is 0 Å². The van der Waals surface area contributed by atoms with Crippen LogP contribution >= 0.6 is 15.9 Å². The molecule has 0 aliphatic carbocycles. The molecule has 22 heavy (non-hydrogen) atoms. The largest absolute Gasteiger partial charge is 0.369 e. The summed E-state index contributed by atoms with van der Waals surface area (Å²) in [5, 5.41) is 5.34. The molecule has 0 amide bonds. The first-order valence-corrected chi connectivity index (χ1v) is 7.64. The molecule has 0 radical (unpaired) electrons. The van der Waals surface area contributed by atoms with Crippen molar-refractivity contribution >= 4 is 44.2 Å². The van der Waals surface area contributed by atoms with Gasteiger partial charge in [0, 0.05) is 21.7 Å². The molecule has 4 nitrogen and oxygen atoms in total. The molecule has 3 N–H and O–H groups in total. The average Bonchev–Trinajstić information content (AvgIpc) is 2.50. The van der Waals surface area contributed by atoms with E-state index in [4.69, 9.17) is 5.73 Å². The fraction of sp³-hybridized carbons (Fsp3) is 0.0588. The van der Waals surface area contributed by atoms with Gasteiger partial charge in [-0.25, -0.2) is 4.98 Å². The Balaban J connectivity index is 1.95. The van der Waals surface area contributed by atoms with E-state index in [0.717, 1.165) is 26.5 Å². The molecule has 3 aromatic rings. The SMILES string of the molecule is Cc1ccnc(N=C(N)Nc2ccc(Br)c3ccccc23)c1. The van der Waals surface area contributed by atoms with Crippen molar-refractivity contribution in [1.29, 1.82) is 0 Å². The summed E-state index contributed by atoms with van der Waals surface area (Å²) in [7, 11) is 0. The summed E-state index contributed by atoms with van der Waals surface area (Å²) in [6.07, 6.45) is 1.72. The summed E-state index contributed by atoms with van der Waals surface area (Å²) < 4.78 is 1.05. The van der Waals surface area contributed by atoms with Crippen LogP contribution in [0.25, 0.3) is 10.8 Å². The highest BCUT2D eigenvalue weighted by molar-refractivity contribution is 9.10. The van der Waals surface area contributed by atoms with E-state index in [1.54, 1.807) is 6.20 Å². The first-order chi connectivity index (χ1) is 10.6. The lowest BCUT2D eigenvalue weighted by atomic mass is 10.1. The van der Waals surface area contributed by atoms with Gasteiger partial charge in [-0.1, -0.05) is 40.2 Å². The Morgan fingerprint density at radius 3 is 2.68 bits per heavy atom. The standard InChI is InChI=1S/C17H15BrN4/c1-11-8-9-20-16(10-11)22-17(19)21-15-7-6-14(18)12-4-2-3-5-13(12)15/h2-10H,1H3,(H3,19,20,21,22). The molecule has 5 heteroatoms. The van der Waals surface area contributed by atoms with E-state index in [9.17, 15) is 0 Å². The number of pyridine rings is 1. The number of aliphatic imine (C=N–C) groups is 1. The Kier molecular flexibility index (Phi) is 4.06. The highest BCUT2D eigenvalue weighted by atomic mass is 79.9. The number of benzene rings is 2. The van der Waals surface area contributed by atoms with Crippen molar-refractivity contribution in [3.63, 3.8) is 0 Å². The van der Waals surface area contributed by atoms with Gasteiger partial charge >= 0.3 is 0 Å². The van der Waals surface area contributed by atoms with Crippen LogP contribution in [0.1, 0.15) is 5.56 Å². The van der Waals surface area contributed by atoms with Gasteiger partial charge in [0.05, 0.1) is 0 Å². The maximum absolute atomic E-state index is 6.00. The summed E-state index contributed by atoms with van der Waals surface area (Å²) in [4.78, 5) is 8.49. The van der Waals surface area contributed by atoms with Gasteiger partial charge in [-0.2, -0.15) is 4.99 Å². The van der Waals surface area contributed by atoms with Crippen LogP contribution in [0.15, 0.2) is 64.2 Å². The quantitative estimate of drug-likeness (QED) is 0.530. The maximum atomic E-state index is 6.00. The van der Waals surface area contributed by atoms with Gasteiger partial charge in [0.15, 0.2) is 11.8 Å². The number of hydrogen-bond donors (Lipinski definition) is 2. The summed E-state index contributed by atoms with van der Waals surface area (Å²) in [6, 6.07) is 15.9. The molecule has 1 heterocycles. The molecule has 3 rings (SSSR count). The number of hydrogen-bond acceptors (Lipinski definition) is 2. The zero-order valence-corrected chi connectivity index (χ0v) is 13.6. The number of halogens is 1. The third kappa shape index (κ3) is 3.09. The first kappa shape index (κ1) is 14.5. The maximum Gasteiger partial charge on any atom is 0.199 e. The first-order valence-electron chi connectivity index (χ1n) is 6.84. The number of rotatable bonds is 2. The van der Waals surface area contributed by atoms with Crippen molar-refractivity contribution in [2.75, 3.05) is 5.32 Å². The van der Waals surface area contributed by atoms with Crippen molar-refractivity contribution in [1.82, 2.24) is 4.98 Å². The van der Waals surface area contributed by atoms with E-state index in [2.05, 4.69) is 37.3 Å². The molecule has 0 saturated carbocycles. The molecule has 0 unspecified atom stereocenters. The summed E-state index contributed by atoms with van der Waals surface area (Å²) in [5.41, 5.74) is 8.01. The lowest BCUT2D eigenvalue weighted by molar-refractivity contribution is 1.24. The predicted molar refractivity (Wildman–Crippen MR) is 95.5 cm³/mol. The smallest absolute Gasteiger partial charge is 0.199 e. The Hall–Kier alpha value is -2.40. The van der Waals surface area contributed by atoms with Gasteiger partial charge in [0.2, 0.25) is 0 Å². The molecule has 0 saturated heterocycles. The van der Waals surface area contributed by atoms with Crippen LogP contribution in [0.2, 0.25) is 0 Å². The lowest BCUT2D eigenvalue weighted by Crippen LogP contribution is -2.22. The second-order valence-corrected chi connectivity index (χ2v) is 5.81. The third-order valence-electron chi connectivity index (χ3n) is 3.27. The van der Waals surface area contributed by atoms with Gasteiger partial charge in [-0.3, -0.25) is 0 Å². The van der Waals surface area contributed by atoms with E-state index < -0.39 is 0 Å². The zero-order chi connectivity index (χ0) is 15.5. The topological polar surface area (TPSA) is 63.3 Å². The summed E-state index contributed by atoms with van der Waals surface area (Å²) in [6.45, 7) is 1.99. The molecule has 110 valence electrons. The minimum Gasteiger partial charge on any atom is -0.369 e. The van der Waals surface area contributed by atoms with Crippen molar-refractivity contribution < 1.29 is 0 Å².